The summed E-state index contributed by atoms with van der Waals surface area (Å²) in [5, 5.41) is 0.596. The van der Waals surface area contributed by atoms with Crippen molar-refractivity contribution >= 4 is 11.6 Å². The molecule has 0 atom stereocenters. The molecule has 0 spiro atoms. The maximum Gasteiger partial charge on any atom is 0.232 e. The average Bonchev–Trinajstić information content (AvgIpc) is 2.86. The van der Waals surface area contributed by atoms with Crippen LogP contribution >= 0.6 is 11.6 Å². The molecule has 0 aromatic carbocycles. The van der Waals surface area contributed by atoms with Gasteiger partial charge in [-0.3, -0.25) is 0 Å². The number of hydrogen-bond acceptors (Lipinski definition) is 2. The molecule has 12 heavy (non-hydrogen) atoms. The minimum Gasteiger partial charge on any atom is -0.476 e. The lowest BCUT2D eigenvalue weighted by molar-refractivity contribution is 0.288. The molecule has 0 radical (unpaired) electrons. The third kappa shape index (κ3) is 1.89. The molecule has 1 aromatic rings. The molecule has 0 saturated heterocycles. The van der Waals surface area contributed by atoms with Crippen molar-refractivity contribution in [1.82, 2.24) is 4.98 Å². The molecule has 1 aliphatic carbocycles. The summed E-state index contributed by atoms with van der Waals surface area (Å²) in [4.78, 5) is 4.02. The normalized spacial score (nSPS) is 16.1. The van der Waals surface area contributed by atoms with E-state index in [2.05, 4.69) is 4.98 Å². The summed E-state index contributed by atoms with van der Waals surface area (Å²) in [6.45, 7) is 0.761. The van der Waals surface area contributed by atoms with Crippen LogP contribution in [0.5, 0.6) is 5.88 Å². The number of aromatic nitrogens is 1. The topological polar surface area (TPSA) is 22.1 Å². The summed E-state index contributed by atoms with van der Waals surface area (Å²) < 4.78 is 5.42. The Labute approximate surface area is 76.5 Å². The largest absolute Gasteiger partial charge is 0.476 e. The van der Waals surface area contributed by atoms with Gasteiger partial charge >= 0.3 is 0 Å². The molecule has 1 aliphatic rings. The van der Waals surface area contributed by atoms with Gasteiger partial charge in [0.15, 0.2) is 0 Å². The van der Waals surface area contributed by atoms with E-state index in [1.165, 1.54) is 12.8 Å². The van der Waals surface area contributed by atoms with Gasteiger partial charge in [0.25, 0.3) is 0 Å². The first kappa shape index (κ1) is 7.87. The second-order valence-electron chi connectivity index (χ2n) is 3.04. The van der Waals surface area contributed by atoms with Gasteiger partial charge in [-0.1, -0.05) is 11.6 Å². The van der Waals surface area contributed by atoms with Crippen molar-refractivity contribution in [3.63, 3.8) is 0 Å². The average molecular weight is 184 g/mol. The Morgan fingerprint density at radius 2 is 2.42 bits per heavy atom. The van der Waals surface area contributed by atoms with Crippen LogP contribution in [-0.2, 0) is 0 Å². The molecule has 0 N–H and O–H groups in total. The Bertz CT molecular complexity index is 273. The van der Waals surface area contributed by atoms with Crippen LogP contribution < -0.4 is 4.74 Å². The Hall–Kier alpha value is -0.760. The number of ether oxygens (including phenoxy) is 1. The summed E-state index contributed by atoms with van der Waals surface area (Å²) in [5.74, 6) is 1.30. The zero-order chi connectivity index (χ0) is 8.39. The Morgan fingerprint density at radius 1 is 1.58 bits per heavy atom. The van der Waals surface area contributed by atoms with E-state index in [1.807, 2.05) is 0 Å². The summed E-state index contributed by atoms with van der Waals surface area (Å²) in [5.41, 5.74) is 0. The van der Waals surface area contributed by atoms with E-state index in [9.17, 15) is 0 Å². The van der Waals surface area contributed by atoms with Gasteiger partial charge < -0.3 is 4.74 Å². The van der Waals surface area contributed by atoms with Crippen molar-refractivity contribution in [1.29, 1.82) is 0 Å². The SMILES string of the molecule is Clc1cccnc1OCC1CC1. The van der Waals surface area contributed by atoms with Gasteiger partial charge in [0, 0.05) is 6.20 Å². The Morgan fingerprint density at radius 3 is 3.08 bits per heavy atom. The van der Waals surface area contributed by atoms with E-state index < -0.39 is 0 Å². The predicted molar refractivity (Wildman–Crippen MR) is 47.5 cm³/mol. The van der Waals surface area contributed by atoms with E-state index in [0.29, 0.717) is 10.9 Å². The smallest absolute Gasteiger partial charge is 0.232 e. The van der Waals surface area contributed by atoms with Gasteiger partial charge in [0.2, 0.25) is 5.88 Å². The summed E-state index contributed by atoms with van der Waals surface area (Å²) in [6.07, 6.45) is 4.25. The van der Waals surface area contributed by atoms with E-state index >= 15 is 0 Å². The highest BCUT2D eigenvalue weighted by atomic mass is 35.5. The zero-order valence-electron chi connectivity index (χ0n) is 6.66. The van der Waals surface area contributed by atoms with Gasteiger partial charge in [-0.2, -0.15) is 0 Å². The second-order valence-corrected chi connectivity index (χ2v) is 3.45. The first-order chi connectivity index (χ1) is 5.86. The molecular weight excluding hydrogens is 174 g/mol. The molecule has 2 rings (SSSR count). The zero-order valence-corrected chi connectivity index (χ0v) is 7.42. The molecule has 1 fully saturated rings. The maximum absolute atomic E-state index is 5.84. The van der Waals surface area contributed by atoms with Crippen molar-refractivity contribution in [2.75, 3.05) is 6.61 Å². The van der Waals surface area contributed by atoms with Crippen molar-refractivity contribution in [2.24, 2.45) is 5.92 Å². The van der Waals surface area contributed by atoms with Crippen LogP contribution in [0.2, 0.25) is 5.02 Å². The summed E-state index contributed by atoms with van der Waals surface area (Å²) in [6, 6.07) is 3.59. The molecule has 1 saturated carbocycles. The standard InChI is InChI=1S/C9H10ClNO/c10-8-2-1-5-11-9(8)12-6-7-3-4-7/h1-2,5,7H,3-4,6H2. The van der Waals surface area contributed by atoms with Gasteiger partial charge in [0.1, 0.15) is 5.02 Å². The molecule has 0 amide bonds. The maximum atomic E-state index is 5.84. The van der Waals surface area contributed by atoms with Gasteiger partial charge in [-0.05, 0) is 30.9 Å². The highest BCUT2D eigenvalue weighted by Gasteiger charge is 2.22. The molecule has 3 heteroatoms. The second kappa shape index (κ2) is 3.31. The fourth-order valence-electron chi connectivity index (χ4n) is 0.959. The highest BCUT2D eigenvalue weighted by Crippen LogP contribution is 2.30. The molecular formula is C9H10ClNO. The van der Waals surface area contributed by atoms with Crippen molar-refractivity contribution < 1.29 is 4.74 Å². The fraction of sp³-hybridized carbons (Fsp3) is 0.444. The lowest BCUT2D eigenvalue weighted by Gasteiger charge is -2.04. The number of halogens is 1. The van der Waals surface area contributed by atoms with E-state index in [0.717, 1.165) is 12.5 Å². The lowest BCUT2D eigenvalue weighted by atomic mass is 10.4. The highest BCUT2D eigenvalue weighted by molar-refractivity contribution is 6.31. The minimum absolute atomic E-state index is 0.561. The number of hydrogen-bond donors (Lipinski definition) is 0. The van der Waals surface area contributed by atoms with E-state index in [1.54, 1.807) is 18.3 Å². The first-order valence-corrected chi connectivity index (χ1v) is 4.47. The van der Waals surface area contributed by atoms with Crippen molar-refractivity contribution in [3.8, 4) is 5.88 Å². The number of pyridine rings is 1. The van der Waals surface area contributed by atoms with Gasteiger partial charge in [-0.25, -0.2) is 4.98 Å². The van der Waals surface area contributed by atoms with Crippen molar-refractivity contribution in [2.45, 2.75) is 12.8 Å². The minimum atomic E-state index is 0.561. The predicted octanol–water partition coefficient (Wildman–Crippen LogP) is 2.52. The number of rotatable bonds is 3. The van der Waals surface area contributed by atoms with Crippen LogP contribution in [0, 0.1) is 5.92 Å². The number of nitrogens with zero attached hydrogens (tertiary/aromatic N) is 1. The Kier molecular flexibility index (Phi) is 2.17. The van der Waals surface area contributed by atoms with E-state index in [4.69, 9.17) is 16.3 Å². The molecule has 1 heterocycles. The van der Waals surface area contributed by atoms with Crippen LogP contribution in [0.4, 0.5) is 0 Å². The van der Waals surface area contributed by atoms with Crippen LogP contribution in [0.15, 0.2) is 18.3 Å². The van der Waals surface area contributed by atoms with Crippen LogP contribution in [0.1, 0.15) is 12.8 Å². The molecule has 64 valence electrons. The lowest BCUT2D eigenvalue weighted by Crippen LogP contribution is -2.00. The van der Waals surface area contributed by atoms with Crippen LogP contribution in [0.25, 0.3) is 0 Å². The summed E-state index contributed by atoms with van der Waals surface area (Å²) >= 11 is 5.84. The van der Waals surface area contributed by atoms with Crippen LogP contribution in [0.3, 0.4) is 0 Å². The third-order valence-electron chi connectivity index (χ3n) is 1.88. The Balaban J connectivity index is 1.96. The molecule has 2 nitrogen and oxygen atoms in total. The molecule has 0 unspecified atom stereocenters. The first-order valence-electron chi connectivity index (χ1n) is 4.09. The van der Waals surface area contributed by atoms with Crippen LogP contribution in [-0.4, -0.2) is 11.6 Å². The third-order valence-corrected chi connectivity index (χ3v) is 2.17. The van der Waals surface area contributed by atoms with E-state index in [-0.39, 0.29) is 0 Å². The van der Waals surface area contributed by atoms with Crippen molar-refractivity contribution in [3.05, 3.63) is 23.4 Å². The van der Waals surface area contributed by atoms with Gasteiger partial charge in [0.05, 0.1) is 6.61 Å². The fourth-order valence-corrected chi connectivity index (χ4v) is 1.13. The quantitative estimate of drug-likeness (QED) is 0.719. The molecule has 1 aromatic heterocycles. The monoisotopic (exact) mass is 183 g/mol. The molecule has 0 bridgehead atoms. The molecule has 0 aliphatic heterocycles. The van der Waals surface area contributed by atoms with Gasteiger partial charge in [-0.15, -0.1) is 0 Å². The summed E-state index contributed by atoms with van der Waals surface area (Å²) in [7, 11) is 0.